The number of rotatable bonds is 5. The summed E-state index contributed by atoms with van der Waals surface area (Å²) in [5.74, 6) is -0.210. The maximum Gasteiger partial charge on any atom is 0.308 e. The fourth-order valence-corrected chi connectivity index (χ4v) is 2.15. The van der Waals surface area contributed by atoms with E-state index >= 15 is 0 Å². The first-order valence-electron chi connectivity index (χ1n) is 5.54. The van der Waals surface area contributed by atoms with Gasteiger partial charge in [0.05, 0.1) is 19.6 Å². The summed E-state index contributed by atoms with van der Waals surface area (Å²) in [6.07, 6.45) is 0.0411. The molecule has 0 aromatic heterocycles. The number of esters is 1. The molecule has 1 aromatic carbocycles. The summed E-state index contributed by atoms with van der Waals surface area (Å²) in [4.78, 5) is 20.6. The Bertz CT molecular complexity index is 409. The average molecular weight is 316 g/mol. The first-order chi connectivity index (χ1) is 8.70. The van der Waals surface area contributed by atoms with Crippen molar-refractivity contribution in [3.05, 3.63) is 34.3 Å². The minimum absolute atomic E-state index is 0.103. The lowest BCUT2D eigenvalue weighted by molar-refractivity contribution is -0.278. The zero-order valence-corrected chi connectivity index (χ0v) is 11.5. The van der Waals surface area contributed by atoms with Crippen LogP contribution in [0.5, 0.6) is 0 Å². The van der Waals surface area contributed by atoms with Crippen LogP contribution in [-0.4, -0.2) is 25.9 Å². The second-order valence-corrected chi connectivity index (χ2v) is 4.82. The van der Waals surface area contributed by atoms with Crippen LogP contribution in [0, 0.1) is 0 Å². The van der Waals surface area contributed by atoms with E-state index in [9.17, 15) is 4.79 Å². The Hall–Kier alpha value is -0.950. The number of hydrogen-bond donors (Lipinski definition) is 1. The minimum Gasteiger partial charge on any atom is -0.456 e. The van der Waals surface area contributed by atoms with Crippen molar-refractivity contribution in [2.24, 2.45) is 0 Å². The molecule has 5 nitrogen and oxygen atoms in total. The Morgan fingerprint density at radius 1 is 1.44 bits per heavy atom. The lowest BCUT2D eigenvalue weighted by Gasteiger charge is -2.18. The molecule has 1 fully saturated rings. The van der Waals surface area contributed by atoms with Crippen LogP contribution >= 0.6 is 15.9 Å². The van der Waals surface area contributed by atoms with Gasteiger partial charge < -0.3 is 4.74 Å². The van der Waals surface area contributed by atoms with Crippen molar-refractivity contribution in [1.29, 1.82) is 0 Å². The van der Waals surface area contributed by atoms with Crippen LogP contribution in [0.25, 0.3) is 0 Å². The van der Waals surface area contributed by atoms with Gasteiger partial charge in [-0.15, -0.1) is 0 Å². The topological polar surface area (TPSA) is 56.8 Å². The Kier molecular flexibility index (Phi) is 4.71. The van der Waals surface area contributed by atoms with Crippen LogP contribution < -0.4 is 5.32 Å². The third-order valence-corrected chi connectivity index (χ3v) is 3.26. The van der Waals surface area contributed by atoms with Crippen molar-refractivity contribution in [3.8, 4) is 0 Å². The third kappa shape index (κ3) is 3.29. The number of nitrogens with one attached hydrogen (secondary N) is 1. The number of halogens is 1. The molecule has 1 saturated heterocycles. The van der Waals surface area contributed by atoms with Crippen molar-refractivity contribution >= 4 is 21.9 Å². The van der Waals surface area contributed by atoms with Gasteiger partial charge in [0.15, 0.2) is 0 Å². The molecule has 1 heterocycles. The van der Waals surface area contributed by atoms with E-state index in [0.717, 1.165) is 10.0 Å². The molecule has 0 saturated carbocycles. The molecule has 98 valence electrons. The number of carbonyl (C=O) groups is 1. The quantitative estimate of drug-likeness (QED) is 0.296. The van der Waals surface area contributed by atoms with Gasteiger partial charge in [-0.1, -0.05) is 28.1 Å². The van der Waals surface area contributed by atoms with Crippen molar-refractivity contribution in [2.75, 3.05) is 13.8 Å². The second kappa shape index (κ2) is 6.29. The largest absolute Gasteiger partial charge is 0.456 e. The zero-order valence-electron chi connectivity index (χ0n) is 9.89. The fourth-order valence-electron chi connectivity index (χ4n) is 1.89. The van der Waals surface area contributed by atoms with Crippen LogP contribution in [0.1, 0.15) is 18.1 Å². The fraction of sp³-hybridized carbons (Fsp3) is 0.417. The van der Waals surface area contributed by atoms with Gasteiger partial charge in [0.25, 0.3) is 0 Å². The Morgan fingerprint density at radius 3 is 2.83 bits per heavy atom. The molecule has 1 unspecified atom stereocenters. The summed E-state index contributed by atoms with van der Waals surface area (Å²) >= 11 is 3.37. The van der Waals surface area contributed by atoms with Crippen molar-refractivity contribution in [1.82, 2.24) is 5.32 Å². The summed E-state index contributed by atoms with van der Waals surface area (Å²) in [7, 11) is 1.43. The highest BCUT2D eigenvalue weighted by Crippen LogP contribution is 2.30. The third-order valence-electron chi connectivity index (χ3n) is 2.73. The first-order valence-corrected chi connectivity index (χ1v) is 6.34. The summed E-state index contributed by atoms with van der Waals surface area (Å²) in [5.41, 5.74) is 0.957. The first kappa shape index (κ1) is 13.5. The van der Waals surface area contributed by atoms with Crippen LogP contribution in [0.3, 0.4) is 0 Å². The van der Waals surface area contributed by atoms with Crippen LogP contribution in [0.4, 0.5) is 0 Å². The lowest BCUT2D eigenvalue weighted by atomic mass is 10.0. The maximum absolute atomic E-state index is 11.4. The molecule has 0 radical (unpaired) electrons. The number of carbonyl (C=O) groups excluding carboxylic acids is 1. The zero-order chi connectivity index (χ0) is 13.0. The van der Waals surface area contributed by atoms with Crippen molar-refractivity contribution < 1.29 is 19.3 Å². The highest BCUT2D eigenvalue weighted by Gasteiger charge is 2.35. The number of ether oxygens (including phenoxy) is 1. The molecule has 0 amide bonds. The Balaban J connectivity index is 2.04. The molecular formula is C12H14BrNO4. The van der Waals surface area contributed by atoms with E-state index in [1.807, 2.05) is 24.3 Å². The van der Waals surface area contributed by atoms with Gasteiger partial charge in [0.1, 0.15) is 12.8 Å². The van der Waals surface area contributed by atoms with Gasteiger partial charge in [-0.25, -0.2) is 9.78 Å². The van der Waals surface area contributed by atoms with E-state index < -0.39 is 0 Å². The smallest absolute Gasteiger partial charge is 0.308 e. The van der Waals surface area contributed by atoms with Gasteiger partial charge in [0, 0.05) is 4.47 Å². The Labute approximate surface area is 113 Å². The summed E-state index contributed by atoms with van der Waals surface area (Å²) in [5, 5.41) is 3.07. The molecule has 18 heavy (non-hydrogen) atoms. The Morgan fingerprint density at radius 2 is 2.17 bits per heavy atom. The van der Waals surface area contributed by atoms with E-state index in [1.165, 1.54) is 7.11 Å². The standard InChI is InChI=1S/C12H14BrNO4/c1-16-17-7-14-10-6-11(15)18-12(10)8-2-4-9(13)5-3-8/h2-5,10,12,14H,6-7H2,1H3/t10-,12?/m0/s1. The normalized spacial score (nSPS) is 23.1. The molecule has 2 rings (SSSR count). The predicted octanol–water partition coefficient (Wildman–Crippen LogP) is 1.93. The maximum atomic E-state index is 11.4. The average Bonchev–Trinajstić information content (AvgIpc) is 2.72. The highest BCUT2D eigenvalue weighted by atomic mass is 79.9. The molecule has 0 spiro atoms. The van der Waals surface area contributed by atoms with E-state index in [4.69, 9.17) is 9.62 Å². The molecule has 0 aliphatic carbocycles. The van der Waals surface area contributed by atoms with Crippen LogP contribution in [0.2, 0.25) is 0 Å². The van der Waals surface area contributed by atoms with E-state index in [-0.39, 0.29) is 24.8 Å². The van der Waals surface area contributed by atoms with Crippen LogP contribution in [0.15, 0.2) is 28.7 Å². The van der Waals surface area contributed by atoms with Gasteiger partial charge in [-0.05, 0) is 17.7 Å². The van der Waals surface area contributed by atoms with Crippen molar-refractivity contribution in [3.63, 3.8) is 0 Å². The number of cyclic esters (lactones) is 1. The van der Waals surface area contributed by atoms with E-state index in [1.54, 1.807) is 0 Å². The molecule has 1 aliphatic heterocycles. The molecule has 1 aromatic rings. The monoisotopic (exact) mass is 315 g/mol. The summed E-state index contributed by atoms with van der Waals surface area (Å²) in [6, 6.07) is 7.60. The molecule has 1 aliphatic rings. The minimum atomic E-state index is -0.286. The molecule has 6 heteroatoms. The van der Waals surface area contributed by atoms with Gasteiger partial charge in [-0.2, -0.15) is 0 Å². The molecular weight excluding hydrogens is 302 g/mol. The number of benzene rings is 1. The highest BCUT2D eigenvalue weighted by molar-refractivity contribution is 9.10. The SMILES string of the molecule is COOCN[C@H]1CC(=O)OC1c1ccc(Br)cc1. The summed E-state index contributed by atoms with van der Waals surface area (Å²) < 4.78 is 6.31. The van der Waals surface area contributed by atoms with Crippen LogP contribution in [-0.2, 0) is 19.3 Å². The van der Waals surface area contributed by atoms with E-state index in [0.29, 0.717) is 6.42 Å². The molecule has 2 atom stereocenters. The van der Waals surface area contributed by atoms with Gasteiger partial charge in [-0.3, -0.25) is 10.1 Å². The van der Waals surface area contributed by atoms with Gasteiger partial charge >= 0.3 is 5.97 Å². The molecule has 1 N–H and O–H groups in total. The molecule has 0 bridgehead atoms. The van der Waals surface area contributed by atoms with E-state index in [2.05, 4.69) is 26.1 Å². The van der Waals surface area contributed by atoms with Crippen molar-refractivity contribution in [2.45, 2.75) is 18.6 Å². The number of hydrogen-bond acceptors (Lipinski definition) is 5. The summed E-state index contributed by atoms with van der Waals surface area (Å²) in [6.45, 7) is 0.213. The predicted molar refractivity (Wildman–Crippen MR) is 67.5 cm³/mol. The van der Waals surface area contributed by atoms with Gasteiger partial charge in [0.2, 0.25) is 0 Å². The second-order valence-electron chi connectivity index (χ2n) is 3.91. The lowest BCUT2D eigenvalue weighted by Crippen LogP contribution is -2.33.